The summed E-state index contributed by atoms with van der Waals surface area (Å²) in [5.41, 5.74) is 1.57. The van der Waals surface area contributed by atoms with Gasteiger partial charge in [0.25, 0.3) is 5.91 Å². The van der Waals surface area contributed by atoms with E-state index in [-0.39, 0.29) is 11.7 Å². The largest absolute Gasteiger partial charge is 0.506 e. The lowest BCUT2D eigenvalue weighted by Crippen LogP contribution is -2.14. The van der Waals surface area contributed by atoms with Crippen LogP contribution in [0.2, 0.25) is 0 Å². The number of nitrogens with zero attached hydrogens (tertiary/aromatic N) is 1. The van der Waals surface area contributed by atoms with E-state index in [0.29, 0.717) is 17.1 Å². The van der Waals surface area contributed by atoms with Gasteiger partial charge in [0, 0.05) is 18.7 Å². The maximum Gasteiger partial charge on any atom is 0.255 e. The molecule has 0 aliphatic carbocycles. The van der Waals surface area contributed by atoms with E-state index < -0.39 is 5.91 Å². The molecule has 21 heavy (non-hydrogen) atoms. The number of aryl methyl sites for hydroxylation is 1. The van der Waals surface area contributed by atoms with E-state index >= 15 is 0 Å². The molecule has 1 aromatic heterocycles. The fraction of sp³-hybridized carbons (Fsp3) is 0.133. The molecule has 0 saturated carbocycles. The number of phenols is 1. The highest BCUT2D eigenvalue weighted by atomic mass is 16.3. The maximum absolute atomic E-state index is 12.2. The molecule has 0 saturated heterocycles. The van der Waals surface area contributed by atoms with Crippen LogP contribution in [-0.4, -0.2) is 21.9 Å². The SMILES string of the molecule is CC(=O)Nc1cc(C(=O)Nc2cc(C)ccc2O)ccn1. The fourth-order valence-electron chi connectivity index (χ4n) is 1.76. The molecule has 3 N–H and O–H groups in total. The van der Waals surface area contributed by atoms with Gasteiger partial charge in [0.05, 0.1) is 5.69 Å². The number of aromatic hydroxyl groups is 1. The molecular weight excluding hydrogens is 270 g/mol. The van der Waals surface area contributed by atoms with Gasteiger partial charge in [-0.15, -0.1) is 0 Å². The van der Waals surface area contributed by atoms with Gasteiger partial charge >= 0.3 is 0 Å². The van der Waals surface area contributed by atoms with Gasteiger partial charge in [-0.3, -0.25) is 9.59 Å². The van der Waals surface area contributed by atoms with Gasteiger partial charge in [0.15, 0.2) is 0 Å². The van der Waals surface area contributed by atoms with Crippen LogP contribution in [0.3, 0.4) is 0 Å². The van der Waals surface area contributed by atoms with E-state index in [2.05, 4.69) is 15.6 Å². The van der Waals surface area contributed by atoms with E-state index in [0.717, 1.165) is 5.56 Å². The first-order valence-corrected chi connectivity index (χ1v) is 6.30. The number of amides is 2. The monoisotopic (exact) mass is 285 g/mol. The standard InChI is InChI=1S/C15H15N3O3/c1-9-3-4-13(20)12(7-9)18-15(21)11-5-6-16-14(8-11)17-10(2)19/h3-8,20H,1-2H3,(H,18,21)(H,16,17,19). The van der Waals surface area contributed by atoms with Gasteiger partial charge in [0.2, 0.25) is 5.91 Å². The Bertz CT molecular complexity index is 698. The van der Waals surface area contributed by atoms with Crippen molar-refractivity contribution < 1.29 is 14.7 Å². The number of carbonyl (C=O) groups is 2. The van der Waals surface area contributed by atoms with Crippen LogP contribution in [0.15, 0.2) is 36.5 Å². The number of aromatic nitrogens is 1. The van der Waals surface area contributed by atoms with Gasteiger partial charge in [-0.1, -0.05) is 6.07 Å². The summed E-state index contributed by atoms with van der Waals surface area (Å²) in [6.07, 6.45) is 1.43. The molecule has 0 fully saturated rings. The average molecular weight is 285 g/mol. The van der Waals surface area contributed by atoms with Crippen LogP contribution in [0.25, 0.3) is 0 Å². The van der Waals surface area contributed by atoms with Crippen molar-refractivity contribution in [2.24, 2.45) is 0 Å². The molecule has 2 rings (SSSR count). The van der Waals surface area contributed by atoms with Crippen LogP contribution >= 0.6 is 0 Å². The van der Waals surface area contributed by atoms with Gasteiger partial charge in [-0.2, -0.15) is 0 Å². The van der Waals surface area contributed by atoms with Crippen LogP contribution in [0.1, 0.15) is 22.8 Å². The van der Waals surface area contributed by atoms with Crippen molar-refractivity contribution in [3.05, 3.63) is 47.7 Å². The van der Waals surface area contributed by atoms with Crippen molar-refractivity contribution in [1.82, 2.24) is 4.98 Å². The number of anilines is 2. The molecule has 6 heteroatoms. The second-order valence-electron chi connectivity index (χ2n) is 4.59. The Balaban J connectivity index is 2.20. The van der Waals surface area contributed by atoms with E-state index in [1.165, 1.54) is 31.3 Å². The maximum atomic E-state index is 12.2. The first-order chi connectivity index (χ1) is 9.95. The molecule has 1 aromatic carbocycles. The molecule has 0 radical (unpaired) electrons. The topological polar surface area (TPSA) is 91.3 Å². The third kappa shape index (κ3) is 3.79. The molecular formula is C15H15N3O3. The second kappa shape index (κ2) is 6.04. The van der Waals surface area contributed by atoms with E-state index in [9.17, 15) is 14.7 Å². The molecule has 0 atom stereocenters. The highest BCUT2D eigenvalue weighted by Crippen LogP contribution is 2.24. The first-order valence-electron chi connectivity index (χ1n) is 6.30. The molecule has 0 aliphatic rings. The summed E-state index contributed by atoms with van der Waals surface area (Å²) in [6.45, 7) is 3.22. The highest BCUT2D eigenvalue weighted by Gasteiger charge is 2.10. The lowest BCUT2D eigenvalue weighted by Gasteiger charge is -2.09. The van der Waals surface area contributed by atoms with Crippen LogP contribution in [-0.2, 0) is 4.79 Å². The van der Waals surface area contributed by atoms with Crippen molar-refractivity contribution in [3.8, 4) is 5.75 Å². The summed E-state index contributed by atoms with van der Waals surface area (Å²) in [5.74, 6) is -0.380. The summed E-state index contributed by atoms with van der Waals surface area (Å²) in [7, 11) is 0. The van der Waals surface area contributed by atoms with Crippen LogP contribution < -0.4 is 10.6 Å². The predicted molar refractivity (Wildman–Crippen MR) is 79.3 cm³/mol. The number of hydrogen-bond acceptors (Lipinski definition) is 4. The number of nitrogens with one attached hydrogen (secondary N) is 2. The quantitative estimate of drug-likeness (QED) is 0.755. The summed E-state index contributed by atoms with van der Waals surface area (Å²) >= 11 is 0. The normalized spacial score (nSPS) is 10.0. The molecule has 0 unspecified atom stereocenters. The first kappa shape index (κ1) is 14.5. The number of benzene rings is 1. The third-order valence-corrected chi connectivity index (χ3v) is 2.73. The Hall–Kier alpha value is -2.89. The Morgan fingerprint density at radius 3 is 2.62 bits per heavy atom. The van der Waals surface area contributed by atoms with E-state index in [4.69, 9.17) is 0 Å². The Morgan fingerprint density at radius 2 is 1.90 bits per heavy atom. The molecule has 0 bridgehead atoms. The summed E-state index contributed by atoms with van der Waals surface area (Å²) in [6, 6.07) is 7.91. The zero-order chi connectivity index (χ0) is 15.4. The summed E-state index contributed by atoms with van der Waals surface area (Å²) in [5, 5.41) is 14.8. The smallest absolute Gasteiger partial charge is 0.255 e. The van der Waals surface area contributed by atoms with Crippen LogP contribution in [0, 0.1) is 6.92 Å². The Labute approximate surface area is 121 Å². The van der Waals surface area contributed by atoms with Crippen LogP contribution in [0.4, 0.5) is 11.5 Å². The molecule has 2 amide bonds. The van der Waals surface area contributed by atoms with Crippen molar-refractivity contribution in [3.63, 3.8) is 0 Å². The summed E-state index contributed by atoms with van der Waals surface area (Å²) < 4.78 is 0. The molecule has 1 heterocycles. The number of rotatable bonds is 3. The molecule has 0 aliphatic heterocycles. The van der Waals surface area contributed by atoms with Crippen molar-refractivity contribution >= 4 is 23.3 Å². The minimum Gasteiger partial charge on any atom is -0.506 e. The number of hydrogen-bond donors (Lipinski definition) is 3. The summed E-state index contributed by atoms with van der Waals surface area (Å²) in [4.78, 5) is 27.1. The van der Waals surface area contributed by atoms with Gasteiger partial charge in [-0.25, -0.2) is 4.98 Å². The van der Waals surface area contributed by atoms with E-state index in [1.54, 1.807) is 12.1 Å². The Morgan fingerprint density at radius 1 is 1.14 bits per heavy atom. The van der Waals surface area contributed by atoms with Crippen molar-refractivity contribution in [2.75, 3.05) is 10.6 Å². The minimum atomic E-state index is -0.398. The zero-order valence-corrected chi connectivity index (χ0v) is 11.7. The number of phenolic OH excluding ortho intramolecular Hbond substituents is 1. The zero-order valence-electron chi connectivity index (χ0n) is 11.7. The molecule has 0 spiro atoms. The lowest BCUT2D eigenvalue weighted by molar-refractivity contribution is -0.114. The van der Waals surface area contributed by atoms with Crippen molar-refractivity contribution in [1.29, 1.82) is 0 Å². The minimum absolute atomic E-state index is 0.00918. The average Bonchev–Trinajstić information content (AvgIpc) is 2.42. The Kier molecular flexibility index (Phi) is 4.18. The van der Waals surface area contributed by atoms with Gasteiger partial charge in [0.1, 0.15) is 11.6 Å². The molecule has 108 valence electrons. The lowest BCUT2D eigenvalue weighted by atomic mass is 10.2. The number of pyridine rings is 1. The van der Waals surface area contributed by atoms with Crippen LogP contribution in [0.5, 0.6) is 5.75 Å². The van der Waals surface area contributed by atoms with E-state index in [1.807, 2.05) is 6.92 Å². The van der Waals surface area contributed by atoms with Gasteiger partial charge < -0.3 is 15.7 Å². The predicted octanol–water partition coefficient (Wildman–Crippen LogP) is 2.31. The third-order valence-electron chi connectivity index (χ3n) is 2.73. The van der Waals surface area contributed by atoms with Gasteiger partial charge in [-0.05, 0) is 36.8 Å². The fourth-order valence-corrected chi connectivity index (χ4v) is 1.76. The highest BCUT2D eigenvalue weighted by molar-refractivity contribution is 6.05. The molecule has 6 nitrogen and oxygen atoms in total. The number of carbonyl (C=O) groups excluding carboxylic acids is 2. The second-order valence-corrected chi connectivity index (χ2v) is 4.59. The van der Waals surface area contributed by atoms with Crippen molar-refractivity contribution in [2.45, 2.75) is 13.8 Å². The molecule has 2 aromatic rings.